The maximum Gasteiger partial charge on any atom is 0.241 e. The number of rotatable bonds is 8. The molecule has 0 fully saturated rings. The van der Waals surface area contributed by atoms with Gasteiger partial charge in [-0.2, -0.15) is 0 Å². The van der Waals surface area contributed by atoms with Crippen molar-refractivity contribution in [3.63, 3.8) is 0 Å². The molecule has 146 valence electrons. The van der Waals surface area contributed by atoms with Gasteiger partial charge in [0, 0.05) is 12.6 Å². The number of sulfonamides is 1. The van der Waals surface area contributed by atoms with Crippen LogP contribution in [-0.4, -0.2) is 41.3 Å². The van der Waals surface area contributed by atoms with E-state index in [0.717, 1.165) is 21.7 Å². The molecule has 2 rings (SSSR count). The topological polar surface area (TPSA) is 84.9 Å². The lowest BCUT2D eigenvalue weighted by Crippen LogP contribution is -2.40. The SMILES string of the molecule is COc1ccc(N(CC(=O)NCc2ccccc2C)S(C)(=O)=O)cc1OC. The van der Waals surface area contributed by atoms with E-state index in [4.69, 9.17) is 9.47 Å². The summed E-state index contributed by atoms with van der Waals surface area (Å²) in [6.07, 6.45) is 1.05. The average molecular weight is 392 g/mol. The van der Waals surface area contributed by atoms with Crippen LogP contribution >= 0.6 is 0 Å². The lowest BCUT2D eigenvalue weighted by atomic mass is 10.1. The van der Waals surface area contributed by atoms with Crippen molar-refractivity contribution >= 4 is 21.6 Å². The molecule has 0 heterocycles. The van der Waals surface area contributed by atoms with Crippen LogP contribution in [0.4, 0.5) is 5.69 Å². The van der Waals surface area contributed by atoms with Gasteiger partial charge in [-0.15, -0.1) is 0 Å². The van der Waals surface area contributed by atoms with Crippen molar-refractivity contribution < 1.29 is 22.7 Å². The van der Waals surface area contributed by atoms with E-state index in [9.17, 15) is 13.2 Å². The van der Waals surface area contributed by atoms with Gasteiger partial charge >= 0.3 is 0 Å². The number of ether oxygens (including phenoxy) is 2. The second-order valence-corrected chi connectivity index (χ2v) is 7.92. The minimum Gasteiger partial charge on any atom is -0.493 e. The van der Waals surface area contributed by atoms with E-state index in [1.165, 1.54) is 20.3 Å². The minimum atomic E-state index is -3.67. The Bertz CT molecular complexity index is 912. The van der Waals surface area contributed by atoms with Crippen molar-refractivity contribution in [2.24, 2.45) is 0 Å². The lowest BCUT2D eigenvalue weighted by Gasteiger charge is -2.23. The van der Waals surface area contributed by atoms with Crippen molar-refractivity contribution in [2.45, 2.75) is 13.5 Å². The lowest BCUT2D eigenvalue weighted by molar-refractivity contribution is -0.119. The van der Waals surface area contributed by atoms with Crippen molar-refractivity contribution in [1.82, 2.24) is 5.32 Å². The van der Waals surface area contributed by atoms with Crippen molar-refractivity contribution in [1.29, 1.82) is 0 Å². The summed E-state index contributed by atoms with van der Waals surface area (Å²) in [5.74, 6) is 0.445. The second-order valence-electron chi connectivity index (χ2n) is 6.01. The number of nitrogens with zero attached hydrogens (tertiary/aromatic N) is 1. The molecule has 0 saturated heterocycles. The Labute approximate surface area is 160 Å². The molecule has 2 aromatic rings. The molecular formula is C19H24N2O5S. The molecule has 27 heavy (non-hydrogen) atoms. The van der Waals surface area contributed by atoms with Gasteiger partial charge in [-0.05, 0) is 30.2 Å². The number of methoxy groups -OCH3 is 2. The second kappa shape index (κ2) is 8.77. The van der Waals surface area contributed by atoms with Crippen molar-refractivity contribution in [2.75, 3.05) is 31.3 Å². The van der Waals surface area contributed by atoms with Crippen LogP contribution in [0.5, 0.6) is 11.5 Å². The smallest absolute Gasteiger partial charge is 0.241 e. The third-order valence-corrected chi connectivity index (χ3v) is 5.22. The summed E-state index contributed by atoms with van der Waals surface area (Å²) in [7, 11) is -0.722. The predicted molar refractivity (Wildman–Crippen MR) is 105 cm³/mol. The van der Waals surface area contributed by atoms with E-state index < -0.39 is 15.9 Å². The predicted octanol–water partition coefficient (Wildman–Crippen LogP) is 2.09. The summed E-state index contributed by atoms with van der Waals surface area (Å²) < 4.78 is 35.9. The zero-order chi connectivity index (χ0) is 20.0. The molecule has 0 radical (unpaired) electrons. The molecular weight excluding hydrogens is 368 g/mol. The van der Waals surface area contributed by atoms with E-state index in [-0.39, 0.29) is 6.54 Å². The van der Waals surface area contributed by atoms with Crippen LogP contribution in [0.1, 0.15) is 11.1 Å². The van der Waals surface area contributed by atoms with Gasteiger partial charge < -0.3 is 14.8 Å². The number of hydrogen-bond acceptors (Lipinski definition) is 5. The molecule has 1 N–H and O–H groups in total. The Morgan fingerprint density at radius 3 is 2.33 bits per heavy atom. The van der Waals surface area contributed by atoms with Gasteiger partial charge in [-0.1, -0.05) is 24.3 Å². The van der Waals surface area contributed by atoms with Gasteiger partial charge in [-0.25, -0.2) is 8.42 Å². The molecule has 0 bridgehead atoms. The zero-order valence-corrected chi connectivity index (χ0v) is 16.7. The van der Waals surface area contributed by atoms with Crippen LogP contribution in [0.25, 0.3) is 0 Å². The number of amides is 1. The molecule has 0 unspecified atom stereocenters. The van der Waals surface area contributed by atoms with Gasteiger partial charge in [0.1, 0.15) is 6.54 Å². The summed E-state index contributed by atoms with van der Waals surface area (Å²) >= 11 is 0. The molecule has 0 aromatic heterocycles. The summed E-state index contributed by atoms with van der Waals surface area (Å²) in [6.45, 7) is 1.95. The first kappa shape index (κ1) is 20.6. The van der Waals surface area contributed by atoms with Crippen molar-refractivity contribution in [3.05, 3.63) is 53.6 Å². The van der Waals surface area contributed by atoms with Gasteiger partial charge in [-0.3, -0.25) is 9.10 Å². The molecule has 0 spiro atoms. The fourth-order valence-electron chi connectivity index (χ4n) is 2.57. The standard InChI is InChI=1S/C19H24N2O5S/c1-14-7-5-6-8-15(14)12-20-19(22)13-21(27(4,23)24)16-9-10-17(25-2)18(11-16)26-3/h5-11H,12-13H2,1-4H3,(H,20,22). The number of hydrogen-bond donors (Lipinski definition) is 1. The van der Waals surface area contributed by atoms with Crippen LogP contribution in [0.3, 0.4) is 0 Å². The molecule has 0 aliphatic rings. The highest BCUT2D eigenvalue weighted by Gasteiger charge is 2.22. The number of aryl methyl sites for hydroxylation is 1. The van der Waals surface area contributed by atoms with Gasteiger partial charge in [0.25, 0.3) is 0 Å². The molecule has 0 aliphatic carbocycles. The van der Waals surface area contributed by atoms with Gasteiger partial charge in [0.05, 0.1) is 26.2 Å². The third kappa shape index (κ3) is 5.37. The maximum atomic E-state index is 12.4. The highest BCUT2D eigenvalue weighted by Crippen LogP contribution is 2.32. The molecule has 1 amide bonds. The number of carbonyl (C=O) groups is 1. The normalized spacial score (nSPS) is 11.0. The number of nitrogens with one attached hydrogen (secondary N) is 1. The summed E-state index contributed by atoms with van der Waals surface area (Å²) in [4.78, 5) is 12.4. The Morgan fingerprint density at radius 1 is 1.07 bits per heavy atom. The van der Waals surface area contributed by atoms with Gasteiger partial charge in [0.2, 0.25) is 15.9 Å². The Hall–Kier alpha value is -2.74. The minimum absolute atomic E-state index is 0.321. The van der Waals surface area contributed by atoms with Gasteiger partial charge in [0.15, 0.2) is 11.5 Å². The fourth-order valence-corrected chi connectivity index (χ4v) is 3.42. The number of benzene rings is 2. The molecule has 8 heteroatoms. The average Bonchev–Trinajstić information content (AvgIpc) is 2.64. The largest absolute Gasteiger partial charge is 0.493 e. The van der Waals surface area contributed by atoms with Crippen LogP contribution in [-0.2, 0) is 21.4 Å². The summed E-state index contributed by atoms with van der Waals surface area (Å²) in [5.41, 5.74) is 2.35. The van der Waals surface area contributed by atoms with Crippen LogP contribution in [0, 0.1) is 6.92 Å². The first-order valence-corrected chi connectivity index (χ1v) is 10.1. The molecule has 2 aromatic carbocycles. The zero-order valence-electron chi connectivity index (χ0n) is 15.9. The Kier molecular flexibility index (Phi) is 6.68. The molecule has 0 saturated carbocycles. The van der Waals surface area contributed by atoms with E-state index in [0.29, 0.717) is 23.7 Å². The molecule has 7 nitrogen and oxygen atoms in total. The monoisotopic (exact) mass is 392 g/mol. The highest BCUT2D eigenvalue weighted by atomic mass is 32.2. The van der Waals surface area contributed by atoms with E-state index in [1.54, 1.807) is 12.1 Å². The molecule has 0 aliphatic heterocycles. The first-order chi connectivity index (χ1) is 12.8. The van der Waals surface area contributed by atoms with Crippen LogP contribution < -0.4 is 19.1 Å². The first-order valence-electron chi connectivity index (χ1n) is 8.27. The van der Waals surface area contributed by atoms with Crippen LogP contribution in [0.2, 0.25) is 0 Å². The highest BCUT2D eigenvalue weighted by molar-refractivity contribution is 7.92. The van der Waals surface area contributed by atoms with E-state index >= 15 is 0 Å². The number of anilines is 1. The third-order valence-electron chi connectivity index (χ3n) is 4.08. The maximum absolute atomic E-state index is 12.4. The van der Waals surface area contributed by atoms with E-state index in [2.05, 4.69) is 5.32 Å². The van der Waals surface area contributed by atoms with Crippen LogP contribution in [0.15, 0.2) is 42.5 Å². The Morgan fingerprint density at radius 2 is 1.74 bits per heavy atom. The quantitative estimate of drug-likeness (QED) is 0.744. The molecule has 0 atom stereocenters. The summed E-state index contributed by atoms with van der Waals surface area (Å²) in [5, 5.41) is 2.76. The Balaban J connectivity index is 2.18. The fraction of sp³-hybridized carbons (Fsp3) is 0.316. The van der Waals surface area contributed by atoms with Crippen molar-refractivity contribution in [3.8, 4) is 11.5 Å². The number of carbonyl (C=O) groups excluding carboxylic acids is 1. The van der Waals surface area contributed by atoms with E-state index in [1.807, 2.05) is 31.2 Å². The summed E-state index contributed by atoms with van der Waals surface area (Å²) in [6, 6.07) is 12.4.